The van der Waals surface area contributed by atoms with Crippen LogP contribution in [-0.2, 0) is 21.4 Å². The van der Waals surface area contributed by atoms with Crippen molar-refractivity contribution in [3.05, 3.63) is 17.5 Å². The minimum atomic E-state index is -1.06. The molecule has 0 aromatic carbocycles. The highest BCUT2D eigenvalue weighted by molar-refractivity contribution is 5.83. The Morgan fingerprint density at radius 2 is 2.30 bits per heavy atom. The lowest BCUT2D eigenvalue weighted by molar-refractivity contribution is -0.173. The van der Waals surface area contributed by atoms with Crippen molar-refractivity contribution in [3.8, 4) is 0 Å². The molecule has 1 aromatic heterocycles. The Morgan fingerprint density at radius 3 is 2.80 bits per heavy atom. The normalized spacial score (nSPS) is 23.1. The molecule has 0 bridgehead atoms. The lowest BCUT2D eigenvalue weighted by Gasteiger charge is -2.39. The summed E-state index contributed by atoms with van der Waals surface area (Å²) in [5.41, 5.74) is 1.56. The molecule has 1 aromatic rings. The Labute approximate surface area is 117 Å². The van der Waals surface area contributed by atoms with Crippen LogP contribution in [0.15, 0.2) is 6.20 Å². The van der Waals surface area contributed by atoms with Gasteiger partial charge in [0.25, 0.3) is 0 Å². The summed E-state index contributed by atoms with van der Waals surface area (Å²) in [5.74, 6) is -1.25. The highest BCUT2D eigenvalue weighted by Gasteiger charge is 2.42. The number of carboxylic acid groups (broad SMARTS) is 1. The molecule has 1 amide bonds. The van der Waals surface area contributed by atoms with Crippen LogP contribution in [0.4, 0.5) is 0 Å². The minimum absolute atomic E-state index is 0.183. The second kappa shape index (κ2) is 5.62. The molecule has 1 aliphatic heterocycles. The number of morpholine rings is 1. The van der Waals surface area contributed by atoms with Gasteiger partial charge in [-0.2, -0.15) is 5.10 Å². The first-order valence-corrected chi connectivity index (χ1v) is 6.59. The Morgan fingerprint density at radius 1 is 1.60 bits per heavy atom. The third-order valence-electron chi connectivity index (χ3n) is 3.63. The van der Waals surface area contributed by atoms with E-state index >= 15 is 0 Å². The highest BCUT2D eigenvalue weighted by Crippen LogP contribution is 2.32. The highest BCUT2D eigenvalue weighted by atomic mass is 16.5. The van der Waals surface area contributed by atoms with Gasteiger partial charge in [0.2, 0.25) is 5.91 Å². The van der Waals surface area contributed by atoms with E-state index in [-0.39, 0.29) is 12.5 Å². The Balaban J connectivity index is 2.45. The molecule has 110 valence electrons. The Bertz CT molecular complexity index is 526. The lowest BCUT2D eigenvalue weighted by atomic mass is 9.98. The van der Waals surface area contributed by atoms with Gasteiger partial charge in [0.05, 0.1) is 12.2 Å². The zero-order valence-electron chi connectivity index (χ0n) is 11.9. The molecule has 0 radical (unpaired) electrons. The van der Waals surface area contributed by atoms with Crippen molar-refractivity contribution >= 4 is 11.9 Å². The van der Waals surface area contributed by atoms with Crippen molar-refractivity contribution in [1.29, 1.82) is 0 Å². The van der Waals surface area contributed by atoms with Crippen LogP contribution in [-0.4, -0.2) is 50.9 Å². The fraction of sp³-hybridized carbons (Fsp3) is 0.615. The molecule has 7 heteroatoms. The molecule has 1 saturated heterocycles. The molecule has 7 nitrogen and oxygen atoms in total. The van der Waals surface area contributed by atoms with E-state index in [9.17, 15) is 14.7 Å². The van der Waals surface area contributed by atoms with Crippen molar-refractivity contribution in [2.45, 2.75) is 32.4 Å². The number of carbonyl (C=O) groups excluding carboxylic acids is 1. The predicted molar refractivity (Wildman–Crippen MR) is 70.1 cm³/mol. The number of ether oxygens (including phenoxy) is 1. The van der Waals surface area contributed by atoms with Gasteiger partial charge in [-0.25, -0.2) is 4.79 Å². The van der Waals surface area contributed by atoms with E-state index in [1.54, 1.807) is 22.8 Å². The molecular weight excluding hydrogens is 262 g/mol. The summed E-state index contributed by atoms with van der Waals surface area (Å²) >= 11 is 0. The van der Waals surface area contributed by atoms with E-state index in [2.05, 4.69) is 5.10 Å². The number of aryl methyl sites for hydroxylation is 1. The second-order valence-electron chi connectivity index (χ2n) is 4.91. The number of carbonyl (C=O) groups is 2. The molecule has 0 aliphatic carbocycles. The average Bonchev–Trinajstić information content (AvgIpc) is 2.72. The van der Waals surface area contributed by atoms with Crippen molar-refractivity contribution in [3.63, 3.8) is 0 Å². The summed E-state index contributed by atoms with van der Waals surface area (Å²) in [6.45, 7) is 4.12. The van der Waals surface area contributed by atoms with Crippen molar-refractivity contribution < 1.29 is 19.4 Å². The van der Waals surface area contributed by atoms with Gasteiger partial charge in [0.1, 0.15) is 6.61 Å². The number of nitrogens with zero attached hydrogens (tertiary/aromatic N) is 3. The quantitative estimate of drug-likeness (QED) is 0.868. The lowest BCUT2D eigenvalue weighted by Crippen LogP contribution is -2.52. The number of aliphatic carboxylic acids is 1. The van der Waals surface area contributed by atoms with Crippen molar-refractivity contribution in [2.75, 3.05) is 13.2 Å². The largest absolute Gasteiger partial charge is 0.479 e. The molecular formula is C13H19N3O4. The van der Waals surface area contributed by atoms with Gasteiger partial charge >= 0.3 is 5.97 Å². The van der Waals surface area contributed by atoms with Gasteiger partial charge in [0.15, 0.2) is 6.10 Å². The first kappa shape index (κ1) is 14.5. The topological polar surface area (TPSA) is 84.7 Å². The number of hydrogen-bond donors (Lipinski definition) is 1. The fourth-order valence-corrected chi connectivity index (χ4v) is 2.50. The second-order valence-corrected chi connectivity index (χ2v) is 4.91. The molecule has 1 aliphatic rings. The summed E-state index contributed by atoms with van der Waals surface area (Å²) in [6.07, 6.45) is 1.32. The number of aromatic nitrogens is 2. The van der Waals surface area contributed by atoms with Crippen LogP contribution in [0.2, 0.25) is 0 Å². The third-order valence-corrected chi connectivity index (χ3v) is 3.63. The van der Waals surface area contributed by atoms with E-state index in [0.717, 1.165) is 17.7 Å². The van der Waals surface area contributed by atoms with Crippen LogP contribution in [0.3, 0.4) is 0 Å². The van der Waals surface area contributed by atoms with Crippen molar-refractivity contribution in [2.24, 2.45) is 7.05 Å². The van der Waals surface area contributed by atoms with Crippen LogP contribution in [0, 0.1) is 6.92 Å². The van der Waals surface area contributed by atoms with Gasteiger partial charge in [0, 0.05) is 24.8 Å². The van der Waals surface area contributed by atoms with Crippen molar-refractivity contribution in [1.82, 2.24) is 14.7 Å². The van der Waals surface area contributed by atoms with Crippen LogP contribution >= 0.6 is 0 Å². The van der Waals surface area contributed by atoms with E-state index in [1.165, 1.54) is 0 Å². The maximum Gasteiger partial charge on any atom is 0.335 e. The summed E-state index contributed by atoms with van der Waals surface area (Å²) in [5, 5.41) is 13.5. The van der Waals surface area contributed by atoms with Crippen LogP contribution < -0.4 is 0 Å². The maximum atomic E-state index is 12.0. The van der Waals surface area contributed by atoms with E-state index in [4.69, 9.17) is 4.74 Å². The summed E-state index contributed by atoms with van der Waals surface area (Å²) in [7, 11) is 1.78. The van der Waals surface area contributed by atoms with Gasteiger partial charge in [-0.3, -0.25) is 9.48 Å². The standard InChI is InChI=1S/C13H19N3O4/c1-4-5-16-10(17)7-20-12(13(18)19)11(16)9-6-14-15(3)8(9)2/h6,11-12H,4-5,7H2,1-3H3,(H,18,19). The molecule has 0 spiro atoms. The molecule has 1 fully saturated rings. The number of hydrogen-bond acceptors (Lipinski definition) is 4. The molecule has 2 heterocycles. The third kappa shape index (κ3) is 2.40. The minimum Gasteiger partial charge on any atom is -0.479 e. The SMILES string of the molecule is CCCN1C(=O)COC(C(=O)O)C1c1cnn(C)c1C. The monoisotopic (exact) mass is 281 g/mol. The van der Waals surface area contributed by atoms with Crippen LogP contribution in [0.5, 0.6) is 0 Å². The number of amides is 1. The average molecular weight is 281 g/mol. The van der Waals surface area contributed by atoms with Crippen LogP contribution in [0.1, 0.15) is 30.6 Å². The molecule has 2 rings (SSSR count). The summed E-state index contributed by atoms with van der Waals surface area (Å²) < 4.78 is 6.90. The van der Waals surface area contributed by atoms with E-state index in [0.29, 0.717) is 6.54 Å². The summed E-state index contributed by atoms with van der Waals surface area (Å²) in [4.78, 5) is 25.0. The zero-order valence-corrected chi connectivity index (χ0v) is 11.9. The number of rotatable bonds is 4. The Kier molecular flexibility index (Phi) is 4.08. The number of carboxylic acids is 1. The first-order chi connectivity index (χ1) is 9.47. The molecule has 20 heavy (non-hydrogen) atoms. The first-order valence-electron chi connectivity index (χ1n) is 6.59. The molecule has 0 saturated carbocycles. The molecule has 2 atom stereocenters. The maximum absolute atomic E-state index is 12.0. The zero-order chi connectivity index (χ0) is 14.9. The van der Waals surface area contributed by atoms with Gasteiger partial charge in [-0.1, -0.05) is 6.92 Å². The van der Waals surface area contributed by atoms with E-state index < -0.39 is 18.1 Å². The molecule has 1 N–H and O–H groups in total. The van der Waals surface area contributed by atoms with E-state index in [1.807, 2.05) is 13.8 Å². The smallest absolute Gasteiger partial charge is 0.335 e. The van der Waals surface area contributed by atoms with Gasteiger partial charge in [-0.05, 0) is 13.3 Å². The fourth-order valence-electron chi connectivity index (χ4n) is 2.50. The molecule has 2 unspecified atom stereocenters. The summed E-state index contributed by atoms with van der Waals surface area (Å²) in [6, 6.07) is -0.623. The van der Waals surface area contributed by atoms with Gasteiger partial charge in [-0.15, -0.1) is 0 Å². The van der Waals surface area contributed by atoms with Gasteiger partial charge < -0.3 is 14.7 Å². The Hall–Kier alpha value is -1.89. The predicted octanol–water partition coefficient (Wildman–Crippen LogP) is 0.492. The van der Waals surface area contributed by atoms with Crippen LogP contribution in [0.25, 0.3) is 0 Å².